The van der Waals surface area contributed by atoms with E-state index in [0.29, 0.717) is 31.1 Å². The lowest BCUT2D eigenvalue weighted by atomic mass is 9.98. The van der Waals surface area contributed by atoms with Crippen molar-refractivity contribution in [3.8, 4) is 11.4 Å². The number of aryl methyl sites for hydroxylation is 2. The van der Waals surface area contributed by atoms with E-state index in [0.717, 1.165) is 22.8 Å². The molecule has 3 heterocycles. The summed E-state index contributed by atoms with van der Waals surface area (Å²) in [6, 6.07) is 8.94. The van der Waals surface area contributed by atoms with Gasteiger partial charge in [-0.15, -0.1) is 0 Å². The zero-order valence-corrected chi connectivity index (χ0v) is 15.7. The second-order valence-electron chi connectivity index (χ2n) is 6.97. The van der Waals surface area contributed by atoms with E-state index in [9.17, 15) is 4.79 Å². The zero-order chi connectivity index (χ0) is 19.5. The van der Waals surface area contributed by atoms with E-state index in [1.807, 2.05) is 44.2 Å². The number of nitrogens with one attached hydrogen (secondary N) is 3. The molecule has 0 spiro atoms. The highest BCUT2D eigenvalue weighted by atomic mass is 16.5. The summed E-state index contributed by atoms with van der Waals surface area (Å²) in [5.74, 6) is 2.27. The number of urea groups is 1. The van der Waals surface area contributed by atoms with Gasteiger partial charge in [-0.3, -0.25) is 5.10 Å². The summed E-state index contributed by atoms with van der Waals surface area (Å²) in [5, 5.41) is 16.7. The van der Waals surface area contributed by atoms with Crippen molar-refractivity contribution in [1.82, 2.24) is 25.7 Å². The van der Waals surface area contributed by atoms with Crippen molar-refractivity contribution in [2.24, 2.45) is 5.92 Å². The Morgan fingerprint density at radius 1 is 1.29 bits per heavy atom. The molecule has 0 aliphatic carbocycles. The van der Waals surface area contributed by atoms with Crippen molar-refractivity contribution in [1.29, 1.82) is 0 Å². The predicted octanol–water partition coefficient (Wildman–Crippen LogP) is 2.46. The third-order valence-corrected chi connectivity index (χ3v) is 4.63. The highest BCUT2D eigenvalue weighted by molar-refractivity contribution is 5.90. The van der Waals surface area contributed by atoms with Crippen molar-refractivity contribution in [2.75, 3.05) is 18.5 Å². The number of rotatable bonds is 5. The SMILES string of the molecule is Cc1cc(C[C@H]2COC[C@H]2NC(=O)Nc2cccc(-c3n[nH]c(C)n3)c2)on1. The molecule has 146 valence electrons. The van der Waals surface area contributed by atoms with Crippen molar-refractivity contribution in [3.63, 3.8) is 0 Å². The first-order valence-electron chi connectivity index (χ1n) is 9.14. The Balaban J connectivity index is 1.37. The third kappa shape index (κ3) is 4.20. The van der Waals surface area contributed by atoms with Crippen LogP contribution in [0.2, 0.25) is 0 Å². The summed E-state index contributed by atoms with van der Waals surface area (Å²) in [4.78, 5) is 16.8. The molecule has 2 atom stereocenters. The molecule has 0 bridgehead atoms. The molecule has 2 amide bonds. The fraction of sp³-hybridized carbons (Fsp3) is 0.368. The van der Waals surface area contributed by atoms with E-state index in [4.69, 9.17) is 9.26 Å². The molecule has 4 rings (SSSR count). The Bertz CT molecular complexity index is 966. The summed E-state index contributed by atoms with van der Waals surface area (Å²) < 4.78 is 10.8. The Morgan fingerprint density at radius 2 is 2.18 bits per heavy atom. The quantitative estimate of drug-likeness (QED) is 0.624. The molecule has 2 aromatic heterocycles. The van der Waals surface area contributed by atoms with Crippen LogP contribution in [0.4, 0.5) is 10.5 Å². The summed E-state index contributed by atoms with van der Waals surface area (Å²) in [5.41, 5.74) is 2.33. The zero-order valence-electron chi connectivity index (χ0n) is 15.7. The maximum Gasteiger partial charge on any atom is 0.319 e. The van der Waals surface area contributed by atoms with Crippen LogP contribution in [0, 0.1) is 19.8 Å². The molecular formula is C19H22N6O3. The molecule has 0 radical (unpaired) electrons. The van der Waals surface area contributed by atoms with Gasteiger partial charge < -0.3 is 19.9 Å². The van der Waals surface area contributed by atoms with Gasteiger partial charge in [0.05, 0.1) is 24.9 Å². The number of nitrogens with zero attached hydrogens (tertiary/aromatic N) is 3. The molecule has 28 heavy (non-hydrogen) atoms. The number of carbonyl (C=O) groups is 1. The van der Waals surface area contributed by atoms with E-state index >= 15 is 0 Å². The van der Waals surface area contributed by atoms with Crippen LogP contribution >= 0.6 is 0 Å². The van der Waals surface area contributed by atoms with E-state index in [-0.39, 0.29) is 18.0 Å². The van der Waals surface area contributed by atoms with Gasteiger partial charge in [0.1, 0.15) is 11.6 Å². The molecule has 1 aromatic carbocycles. The van der Waals surface area contributed by atoms with Gasteiger partial charge in [0, 0.05) is 29.7 Å². The lowest BCUT2D eigenvalue weighted by Gasteiger charge is -2.18. The molecule has 9 nitrogen and oxygen atoms in total. The first kappa shape index (κ1) is 18.2. The number of ether oxygens (including phenoxy) is 1. The Hall–Kier alpha value is -3.20. The van der Waals surface area contributed by atoms with E-state index < -0.39 is 0 Å². The van der Waals surface area contributed by atoms with Crippen LogP contribution < -0.4 is 10.6 Å². The number of amides is 2. The molecule has 0 saturated carbocycles. The number of H-pyrrole nitrogens is 1. The lowest BCUT2D eigenvalue weighted by Crippen LogP contribution is -2.42. The second kappa shape index (κ2) is 7.81. The Kier molecular flexibility index (Phi) is 5.07. The summed E-state index contributed by atoms with van der Waals surface area (Å²) in [7, 11) is 0. The smallest absolute Gasteiger partial charge is 0.319 e. The fourth-order valence-electron chi connectivity index (χ4n) is 3.27. The number of carbonyl (C=O) groups excluding carboxylic acids is 1. The number of anilines is 1. The first-order valence-corrected chi connectivity index (χ1v) is 9.14. The Labute approximate surface area is 161 Å². The minimum Gasteiger partial charge on any atom is -0.379 e. The van der Waals surface area contributed by atoms with Gasteiger partial charge in [0.15, 0.2) is 5.82 Å². The normalized spacial score (nSPS) is 18.9. The van der Waals surface area contributed by atoms with Gasteiger partial charge in [-0.2, -0.15) is 5.10 Å². The highest BCUT2D eigenvalue weighted by Crippen LogP contribution is 2.21. The van der Waals surface area contributed by atoms with Gasteiger partial charge in [-0.1, -0.05) is 17.3 Å². The van der Waals surface area contributed by atoms with E-state index in [2.05, 4.69) is 31.0 Å². The molecule has 1 aliphatic heterocycles. The number of hydrogen-bond acceptors (Lipinski definition) is 6. The summed E-state index contributed by atoms with van der Waals surface area (Å²) in [6.07, 6.45) is 0.672. The van der Waals surface area contributed by atoms with Crippen molar-refractivity contribution < 1.29 is 14.1 Å². The van der Waals surface area contributed by atoms with Crippen LogP contribution in [-0.2, 0) is 11.2 Å². The molecule has 1 saturated heterocycles. The summed E-state index contributed by atoms with van der Waals surface area (Å²) >= 11 is 0. The minimum absolute atomic E-state index is 0.0933. The average molecular weight is 382 g/mol. The van der Waals surface area contributed by atoms with Crippen LogP contribution in [0.5, 0.6) is 0 Å². The van der Waals surface area contributed by atoms with Gasteiger partial charge in [0.2, 0.25) is 0 Å². The van der Waals surface area contributed by atoms with E-state index in [1.165, 1.54) is 0 Å². The van der Waals surface area contributed by atoms with Crippen molar-refractivity contribution in [3.05, 3.63) is 47.6 Å². The van der Waals surface area contributed by atoms with Crippen LogP contribution in [0.15, 0.2) is 34.9 Å². The number of hydrogen-bond donors (Lipinski definition) is 3. The average Bonchev–Trinajstić information content (AvgIpc) is 3.38. The Morgan fingerprint density at radius 3 is 2.93 bits per heavy atom. The van der Waals surface area contributed by atoms with Gasteiger partial charge in [-0.05, 0) is 26.0 Å². The predicted molar refractivity (Wildman–Crippen MR) is 102 cm³/mol. The molecule has 3 aromatic rings. The third-order valence-electron chi connectivity index (χ3n) is 4.63. The molecular weight excluding hydrogens is 360 g/mol. The van der Waals surface area contributed by atoms with Crippen LogP contribution in [0.1, 0.15) is 17.3 Å². The van der Waals surface area contributed by atoms with Gasteiger partial charge in [-0.25, -0.2) is 9.78 Å². The van der Waals surface area contributed by atoms with Crippen LogP contribution in [0.3, 0.4) is 0 Å². The standard InChI is InChI=1S/C19H22N6O3/c1-11-6-16(28-25-11)8-14-9-27-10-17(14)22-19(26)21-15-5-3-4-13(7-15)18-20-12(2)23-24-18/h3-7,14,17H,8-10H2,1-2H3,(H,20,23,24)(H2,21,22,26)/t14-,17+/m0/s1. The molecule has 1 aliphatic rings. The number of benzene rings is 1. The highest BCUT2D eigenvalue weighted by Gasteiger charge is 2.30. The van der Waals surface area contributed by atoms with Gasteiger partial charge >= 0.3 is 6.03 Å². The topological polar surface area (TPSA) is 118 Å². The summed E-state index contributed by atoms with van der Waals surface area (Å²) in [6.45, 7) is 4.77. The van der Waals surface area contributed by atoms with Gasteiger partial charge in [0.25, 0.3) is 0 Å². The first-order chi connectivity index (χ1) is 13.6. The lowest BCUT2D eigenvalue weighted by molar-refractivity contribution is 0.181. The van der Waals surface area contributed by atoms with E-state index in [1.54, 1.807) is 0 Å². The molecule has 9 heteroatoms. The number of aromatic nitrogens is 4. The van der Waals surface area contributed by atoms with Crippen LogP contribution in [-0.4, -0.2) is 45.6 Å². The monoisotopic (exact) mass is 382 g/mol. The fourth-order valence-corrected chi connectivity index (χ4v) is 3.27. The second-order valence-corrected chi connectivity index (χ2v) is 6.97. The van der Waals surface area contributed by atoms with Crippen LogP contribution in [0.25, 0.3) is 11.4 Å². The molecule has 3 N–H and O–H groups in total. The maximum absolute atomic E-state index is 12.5. The number of aromatic amines is 1. The maximum atomic E-state index is 12.5. The largest absolute Gasteiger partial charge is 0.379 e. The van der Waals surface area contributed by atoms with Crippen molar-refractivity contribution in [2.45, 2.75) is 26.3 Å². The van der Waals surface area contributed by atoms with Crippen molar-refractivity contribution >= 4 is 11.7 Å². The molecule has 1 fully saturated rings. The molecule has 0 unspecified atom stereocenters. The minimum atomic E-state index is -0.280.